The zero-order chi connectivity index (χ0) is 13.1. The standard InChI is InChI=1S/C10H6ClF3NO2/c11-8-3-1-6(2-4-9(16)15-17)5-7(8)10(12,13)14/h1-5H,(H-,15,16,17)/q-1/b4-2+. The van der Waals surface area contributed by atoms with Gasteiger partial charge in [-0.3, -0.25) is 4.79 Å². The first-order valence-electron chi connectivity index (χ1n) is 4.31. The molecule has 0 unspecified atom stereocenters. The number of hydrogen-bond donors (Lipinski definition) is 1. The first kappa shape index (κ1) is 13.5. The molecule has 3 nitrogen and oxygen atoms in total. The highest BCUT2D eigenvalue weighted by Gasteiger charge is 2.33. The van der Waals surface area contributed by atoms with Crippen LogP contribution in [-0.4, -0.2) is 5.91 Å². The largest absolute Gasteiger partial charge is 0.759 e. The van der Waals surface area contributed by atoms with Crippen molar-refractivity contribution in [2.45, 2.75) is 6.18 Å². The molecule has 0 bridgehead atoms. The third kappa shape index (κ3) is 3.76. The van der Waals surface area contributed by atoms with Gasteiger partial charge >= 0.3 is 6.18 Å². The summed E-state index contributed by atoms with van der Waals surface area (Å²) in [7, 11) is 0. The molecule has 1 amide bonds. The number of nitrogens with one attached hydrogen (secondary N) is 1. The molecule has 0 radical (unpaired) electrons. The zero-order valence-electron chi connectivity index (χ0n) is 8.22. The van der Waals surface area contributed by atoms with E-state index in [0.29, 0.717) is 0 Å². The van der Waals surface area contributed by atoms with Crippen molar-refractivity contribution >= 4 is 23.6 Å². The lowest BCUT2D eigenvalue weighted by atomic mass is 10.1. The Bertz CT molecular complexity index is 457. The molecule has 1 N–H and O–H groups in total. The van der Waals surface area contributed by atoms with Crippen molar-refractivity contribution in [3.8, 4) is 0 Å². The van der Waals surface area contributed by atoms with Crippen molar-refractivity contribution in [1.82, 2.24) is 5.48 Å². The predicted molar refractivity (Wildman–Crippen MR) is 57.0 cm³/mol. The van der Waals surface area contributed by atoms with Crippen LogP contribution in [0.4, 0.5) is 13.2 Å². The van der Waals surface area contributed by atoms with Crippen LogP contribution in [0.2, 0.25) is 5.02 Å². The Balaban J connectivity index is 3.05. The minimum absolute atomic E-state index is 0.116. The summed E-state index contributed by atoms with van der Waals surface area (Å²) < 4.78 is 37.4. The summed E-state index contributed by atoms with van der Waals surface area (Å²) in [4.78, 5) is 10.6. The van der Waals surface area contributed by atoms with Gasteiger partial charge in [0, 0.05) is 6.08 Å². The number of hydroxylamine groups is 1. The Hall–Kier alpha value is -1.53. The molecule has 0 spiro atoms. The van der Waals surface area contributed by atoms with Crippen LogP contribution in [0.1, 0.15) is 11.1 Å². The van der Waals surface area contributed by atoms with E-state index in [-0.39, 0.29) is 5.56 Å². The molecule has 0 atom stereocenters. The van der Waals surface area contributed by atoms with Crippen molar-refractivity contribution in [2.75, 3.05) is 0 Å². The van der Waals surface area contributed by atoms with Gasteiger partial charge in [-0.15, -0.1) is 0 Å². The molecule has 0 aliphatic heterocycles. The van der Waals surface area contributed by atoms with E-state index in [9.17, 15) is 23.2 Å². The number of amides is 1. The molecular formula is C10H6ClF3NO2-. The number of benzene rings is 1. The maximum Gasteiger partial charge on any atom is 0.417 e. The van der Waals surface area contributed by atoms with Gasteiger partial charge in [-0.1, -0.05) is 17.7 Å². The highest BCUT2D eigenvalue weighted by Crippen LogP contribution is 2.35. The summed E-state index contributed by atoms with van der Waals surface area (Å²) in [5, 5.41) is 9.45. The number of alkyl halides is 3. The smallest absolute Gasteiger partial charge is 0.417 e. The van der Waals surface area contributed by atoms with E-state index in [2.05, 4.69) is 0 Å². The molecule has 7 heteroatoms. The van der Waals surface area contributed by atoms with E-state index < -0.39 is 22.7 Å². The van der Waals surface area contributed by atoms with Crippen LogP contribution in [0.15, 0.2) is 24.3 Å². The fourth-order valence-electron chi connectivity index (χ4n) is 1.07. The topological polar surface area (TPSA) is 52.2 Å². The minimum Gasteiger partial charge on any atom is -0.759 e. The van der Waals surface area contributed by atoms with Crippen molar-refractivity contribution in [1.29, 1.82) is 0 Å². The van der Waals surface area contributed by atoms with Crippen LogP contribution < -0.4 is 5.48 Å². The first-order valence-corrected chi connectivity index (χ1v) is 4.69. The quantitative estimate of drug-likeness (QED) is 0.659. The molecule has 0 aliphatic rings. The SMILES string of the molecule is O=C(/C=C/c1ccc(Cl)c(C(F)(F)F)c1)N[O-]. The third-order valence-electron chi connectivity index (χ3n) is 1.82. The molecule has 0 heterocycles. The highest BCUT2D eigenvalue weighted by molar-refractivity contribution is 6.31. The molecule has 1 aromatic rings. The Morgan fingerprint density at radius 2 is 2.06 bits per heavy atom. The number of halogens is 4. The molecule has 1 aromatic carbocycles. The number of carbonyl (C=O) groups is 1. The van der Waals surface area contributed by atoms with Gasteiger partial charge in [-0.05, 0) is 23.8 Å². The van der Waals surface area contributed by atoms with Crippen LogP contribution in [-0.2, 0) is 11.0 Å². The number of rotatable bonds is 2. The highest BCUT2D eigenvalue weighted by atomic mass is 35.5. The molecule has 0 aliphatic carbocycles. The van der Waals surface area contributed by atoms with Crippen LogP contribution in [0.3, 0.4) is 0 Å². The van der Waals surface area contributed by atoms with E-state index in [4.69, 9.17) is 11.6 Å². The van der Waals surface area contributed by atoms with E-state index in [1.165, 1.54) is 6.07 Å². The molecule has 1 rings (SSSR count). The second-order valence-corrected chi connectivity index (χ2v) is 3.44. The van der Waals surface area contributed by atoms with Crippen molar-refractivity contribution in [3.63, 3.8) is 0 Å². The second-order valence-electron chi connectivity index (χ2n) is 3.04. The number of hydrogen-bond acceptors (Lipinski definition) is 2. The Morgan fingerprint density at radius 1 is 1.41 bits per heavy atom. The Kier molecular flexibility index (Phi) is 4.14. The second kappa shape index (κ2) is 5.20. The molecule has 92 valence electrons. The summed E-state index contributed by atoms with van der Waals surface area (Å²) in [6.45, 7) is 0. The van der Waals surface area contributed by atoms with Gasteiger partial charge in [0.2, 0.25) is 5.91 Å². The van der Waals surface area contributed by atoms with Crippen molar-refractivity contribution in [2.24, 2.45) is 0 Å². The van der Waals surface area contributed by atoms with Crippen LogP contribution in [0, 0.1) is 5.21 Å². The van der Waals surface area contributed by atoms with E-state index in [0.717, 1.165) is 29.8 Å². The van der Waals surface area contributed by atoms with Gasteiger partial charge in [0.1, 0.15) is 0 Å². The summed E-state index contributed by atoms with van der Waals surface area (Å²) in [5.41, 5.74) is 0.187. The van der Waals surface area contributed by atoms with Crippen LogP contribution in [0.5, 0.6) is 0 Å². The van der Waals surface area contributed by atoms with Gasteiger partial charge in [0.25, 0.3) is 0 Å². The average molecular weight is 265 g/mol. The molecule has 0 saturated carbocycles. The van der Waals surface area contributed by atoms with Crippen molar-refractivity contribution in [3.05, 3.63) is 45.6 Å². The maximum atomic E-state index is 12.5. The molecular weight excluding hydrogens is 259 g/mol. The lowest BCUT2D eigenvalue weighted by molar-refractivity contribution is -0.137. The van der Waals surface area contributed by atoms with Crippen LogP contribution in [0.25, 0.3) is 6.08 Å². The molecule has 17 heavy (non-hydrogen) atoms. The summed E-state index contributed by atoms with van der Waals surface area (Å²) in [6.07, 6.45) is -2.66. The monoisotopic (exact) mass is 264 g/mol. The van der Waals surface area contributed by atoms with Gasteiger partial charge < -0.3 is 10.7 Å². The zero-order valence-corrected chi connectivity index (χ0v) is 8.97. The van der Waals surface area contributed by atoms with Crippen molar-refractivity contribution < 1.29 is 18.0 Å². The van der Waals surface area contributed by atoms with Gasteiger partial charge in [0.15, 0.2) is 0 Å². The Morgan fingerprint density at radius 3 is 2.59 bits per heavy atom. The predicted octanol–water partition coefficient (Wildman–Crippen LogP) is 2.99. The number of carbonyl (C=O) groups excluding carboxylic acids is 1. The fraction of sp³-hybridized carbons (Fsp3) is 0.100. The lowest BCUT2D eigenvalue weighted by Crippen LogP contribution is -2.11. The first-order chi connectivity index (χ1) is 7.84. The third-order valence-corrected chi connectivity index (χ3v) is 2.15. The lowest BCUT2D eigenvalue weighted by Gasteiger charge is -2.09. The van der Waals surface area contributed by atoms with Crippen LogP contribution >= 0.6 is 11.6 Å². The molecule has 0 aromatic heterocycles. The van der Waals surface area contributed by atoms with E-state index in [1.54, 1.807) is 0 Å². The van der Waals surface area contributed by atoms with Gasteiger partial charge in [0.05, 0.1) is 10.6 Å². The molecule has 0 fully saturated rings. The Labute approximate surface area is 99.5 Å². The fourth-order valence-corrected chi connectivity index (χ4v) is 1.29. The van der Waals surface area contributed by atoms with Gasteiger partial charge in [-0.25, -0.2) is 0 Å². The maximum absolute atomic E-state index is 12.5. The molecule has 0 saturated heterocycles. The normalized spacial score (nSPS) is 11.8. The average Bonchev–Trinajstić information content (AvgIpc) is 2.26. The van der Waals surface area contributed by atoms with E-state index in [1.807, 2.05) is 0 Å². The minimum atomic E-state index is -4.57. The summed E-state index contributed by atoms with van der Waals surface area (Å²) in [5.74, 6) is -0.950. The van der Waals surface area contributed by atoms with Gasteiger partial charge in [-0.2, -0.15) is 13.2 Å². The van der Waals surface area contributed by atoms with E-state index >= 15 is 0 Å². The summed E-state index contributed by atoms with van der Waals surface area (Å²) >= 11 is 5.40. The summed E-state index contributed by atoms with van der Waals surface area (Å²) in [6, 6.07) is 3.15.